The lowest BCUT2D eigenvalue weighted by Crippen LogP contribution is -2.45. The summed E-state index contributed by atoms with van der Waals surface area (Å²) in [6.07, 6.45) is 12.5. The van der Waals surface area contributed by atoms with Crippen molar-refractivity contribution >= 4 is 0 Å². The molecule has 2 rings (SSSR count). The highest BCUT2D eigenvalue weighted by Gasteiger charge is 2.29. The highest BCUT2D eigenvalue weighted by molar-refractivity contribution is 4.85. The first kappa shape index (κ1) is 14.3. The van der Waals surface area contributed by atoms with E-state index in [2.05, 4.69) is 18.9 Å². The Morgan fingerprint density at radius 1 is 1.06 bits per heavy atom. The van der Waals surface area contributed by atoms with E-state index in [1.54, 1.807) is 0 Å². The number of hydrogen-bond donors (Lipinski definition) is 1. The summed E-state index contributed by atoms with van der Waals surface area (Å²) in [6, 6.07) is 1.30. The average molecular weight is 252 g/mol. The van der Waals surface area contributed by atoms with Crippen LogP contribution in [0.4, 0.5) is 0 Å². The molecule has 0 amide bonds. The molecule has 2 heteroatoms. The van der Waals surface area contributed by atoms with Crippen LogP contribution < -0.4 is 5.73 Å². The smallest absolute Gasteiger partial charge is 0.00923 e. The van der Waals surface area contributed by atoms with Gasteiger partial charge in [0.05, 0.1) is 0 Å². The van der Waals surface area contributed by atoms with E-state index in [4.69, 9.17) is 5.73 Å². The lowest BCUT2D eigenvalue weighted by molar-refractivity contribution is 0.123. The molecule has 18 heavy (non-hydrogen) atoms. The highest BCUT2D eigenvalue weighted by Crippen LogP contribution is 2.32. The Labute approximate surface area is 113 Å². The van der Waals surface area contributed by atoms with Crippen LogP contribution in [0.1, 0.15) is 64.7 Å². The molecule has 2 aliphatic carbocycles. The average Bonchev–Trinajstić information content (AvgIpc) is 2.42. The van der Waals surface area contributed by atoms with E-state index in [1.807, 2.05) is 0 Å². The van der Waals surface area contributed by atoms with Gasteiger partial charge in [-0.15, -0.1) is 0 Å². The molecule has 0 aromatic rings. The second-order valence-electron chi connectivity index (χ2n) is 6.74. The van der Waals surface area contributed by atoms with Crippen LogP contribution in [-0.4, -0.2) is 30.6 Å². The zero-order valence-electron chi connectivity index (χ0n) is 12.4. The SMILES string of the molecule is CCC1CCC(N)C(CN(C)C2CCCCC2)C1. The van der Waals surface area contributed by atoms with Crippen LogP contribution in [-0.2, 0) is 0 Å². The van der Waals surface area contributed by atoms with Gasteiger partial charge in [0.15, 0.2) is 0 Å². The second kappa shape index (κ2) is 6.91. The minimum Gasteiger partial charge on any atom is -0.327 e. The van der Waals surface area contributed by atoms with Crippen LogP contribution in [0.25, 0.3) is 0 Å². The second-order valence-corrected chi connectivity index (χ2v) is 6.74. The van der Waals surface area contributed by atoms with Crippen molar-refractivity contribution in [3.8, 4) is 0 Å². The van der Waals surface area contributed by atoms with E-state index in [1.165, 1.54) is 64.3 Å². The number of rotatable bonds is 4. The lowest BCUT2D eigenvalue weighted by Gasteiger charge is -2.39. The molecule has 2 fully saturated rings. The van der Waals surface area contributed by atoms with Crippen molar-refractivity contribution in [1.82, 2.24) is 4.90 Å². The maximum absolute atomic E-state index is 6.35. The molecule has 0 saturated heterocycles. The molecular formula is C16H32N2. The third kappa shape index (κ3) is 3.71. The van der Waals surface area contributed by atoms with Gasteiger partial charge in [0.25, 0.3) is 0 Å². The topological polar surface area (TPSA) is 29.3 Å². The predicted octanol–water partition coefficient (Wildman–Crippen LogP) is 3.40. The molecule has 3 unspecified atom stereocenters. The van der Waals surface area contributed by atoms with Crippen LogP contribution in [0.5, 0.6) is 0 Å². The third-order valence-corrected chi connectivity index (χ3v) is 5.45. The largest absolute Gasteiger partial charge is 0.327 e. The summed E-state index contributed by atoms with van der Waals surface area (Å²) in [4.78, 5) is 2.63. The first-order valence-corrected chi connectivity index (χ1v) is 8.16. The normalized spacial score (nSPS) is 35.0. The molecule has 0 spiro atoms. The molecular weight excluding hydrogens is 220 g/mol. The van der Waals surface area contributed by atoms with Crippen LogP contribution in [0.2, 0.25) is 0 Å². The van der Waals surface area contributed by atoms with Crippen molar-refractivity contribution in [2.24, 2.45) is 17.6 Å². The van der Waals surface area contributed by atoms with E-state index in [0.717, 1.165) is 17.9 Å². The first-order chi connectivity index (χ1) is 8.70. The zero-order valence-corrected chi connectivity index (χ0v) is 12.4. The molecule has 0 radical (unpaired) electrons. The molecule has 106 valence electrons. The van der Waals surface area contributed by atoms with Crippen molar-refractivity contribution < 1.29 is 0 Å². The maximum atomic E-state index is 6.35. The maximum Gasteiger partial charge on any atom is 0.00923 e. The highest BCUT2D eigenvalue weighted by atomic mass is 15.1. The summed E-state index contributed by atoms with van der Waals surface area (Å²) in [5.74, 6) is 1.69. The number of nitrogens with two attached hydrogens (primary N) is 1. The quantitative estimate of drug-likeness (QED) is 0.831. The Hall–Kier alpha value is -0.0800. The molecule has 0 aromatic carbocycles. The van der Waals surface area contributed by atoms with E-state index < -0.39 is 0 Å². The van der Waals surface area contributed by atoms with Gasteiger partial charge < -0.3 is 10.6 Å². The van der Waals surface area contributed by atoms with E-state index >= 15 is 0 Å². The van der Waals surface area contributed by atoms with Crippen LogP contribution >= 0.6 is 0 Å². The molecule has 2 aliphatic rings. The Balaban J connectivity index is 1.82. The molecule has 2 saturated carbocycles. The van der Waals surface area contributed by atoms with Crippen molar-refractivity contribution in [3.05, 3.63) is 0 Å². The van der Waals surface area contributed by atoms with Crippen LogP contribution in [0.3, 0.4) is 0 Å². The first-order valence-electron chi connectivity index (χ1n) is 8.16. The van der Waals surface area contributed by atoms with Crippen molar-refractivity contribution in [2.45, 2.75) is 76.8 Å². The van der Waals surface area contributed by atoms with Crippen molar-refractivity contribution in [1.29, 1.82) is 0 Å². The van der Waals surface area contributed by atoms with Gasteiger partial charge in [-0.05, 0) is 51.0 Å². The monoisotopic (exact) mass is 252 g/mol. The standard InChI is InChI=1S/C16H32N2/c1-3-13-9-10-16(17)14(11-13)12-18(2)15-7-5-4-6-8-15/h13-16H,3-12,17H2,1-2H3. The number of hydrogen-bond acceptors (Lipinski definition) is 2. The molecule has 2 N–H and O–H groups in total. The molecule has 0 aromatic heterocycles. The lowest BCUT2D eigenvalue weighted by atomic mass is 9.77. The fraction of sp³-hybridized carbons (Fsp3) is 1.00. The van der Waals surface area contributed by atoms with Crippen LogP contribution in [0.15, 0.2) is 0 Å². The van der Waals surface area contributed by atoms with Gasteiger partial charge in [-0.1, -0.05) is 32.6 Å². The predicted molar refractivity (Wildman–Crippen MR) is 78.6 cm³/mol. The molecule has 0 heterocycles. The van der Waals surface area contributed by atoms with Gasteiger partial charge in [0.2, 0.25) is 0 Å². The van der Waals surface area contributed by atoms with E-state index in [-0.39, 0.29) is 0 Å². The van der Waals surface area contributed by atoms with Gasteiger partial charge in [0.1, 0.15) is 0 Å². The number of nitrogens with zero attached hydrogens (tertiary/aromatic N) is 1. The molecule has 0 aliphatic heterocycles. The summed E-state index contributed by atoms with van der Waals surface area (Å²) >= 11 is 0. The van der Waals surface area contributed by atoms with Gasteiger partial charge in [-0.2, -0.15) is 0 Å². The van der Waals surface area contributed by atoms with E-state index in [0.29, 0.717) is 6.04 Å². The van der Waals surface area contributed by atoms with Gasteiger partial charge in [-0.25, -0.2) is 0 Å². The molecule has 0 bridgehead atoms. The summed E-state index contributed by atoms with van der Waals surface area (Å²) < 4.78 is 0. The van der Waals surface area contributed by atoms with Crippen LogP contribution in [0, 0.1) is 11.8 Å². The summed E-state index contributed by atoms with van der Waals surface area (Å²) in [7, 11) is 2.33. The summed E-state index contributed by atoms with van der Waals surface area (Å²) in [5, 5.41) is 0. The molecule has 2 nitrogen and oxygen atoms in total. The van der Waals surface area contributed by atoms with Crippen molar-refractivity contribution in [3.63, 3.8) is 0 Å². The minimum absolute atomic E-state index is 0.457. The fourth-order valence-electron chi connectivity index (χ4n) is 4.01. The zero-order chi connectivity index (χ0) is 13.0. The summed E-state index contributed by atoms with van der Waals surface area (Å²) in [5.41, 5.74) is 6.35. The Kier molecular flexibility index (Phi) is 5.50. The third-order valence-electron chi connectivity index (χ3n) is 5.45. The fourth-order valence-corrected chi connectivity index (χ4v) is 4.01. The van der Waals surface area contributed by atoms with Crippen molar-refractivity contribution in [2.75, 3.05) is 13.6 Å². The Morgan fingerprint density at radius 3 is 2.44 bits per heavy atom. The molecule has 3 atom stereocenters. The van der Waals surface area contributed by atoms with Gasteiger partial charge >= 0.3 is 0 Å². The Bertz CT molecular complexity index is 235. The van der Waals surface area contributed by atoms with Gasteiger partial charge in [-0.3, -0.25) is 0 Å². The Morgan fingerprint density at radius 2 is 1.78 bits per heavy atom. The summed E-state index contributed by atoms with van der Waals surface area (Å²) in [6.45, 7) is 3.58. The van der Waals surface area contributed by atoms with Gasteiger partial charge in [0, 0.05) is 18.6 Å². The van der Waals surface area contributed by atoms with E-state index in [9.17, 15) is 0 Å². The minimum atomic E-state index is 0.457.